The van der Waals surface area contributed by atoms with E-state index in [4.69, 9.17) is 4.74 Å². The third-order valence-electron chi connectivity index (χ3n) is 6.07. The largest absolute Gasteiger partial charge is 0.362 e. The van der Waals surface area contributed by atoms with Crippen molar-refractivity contribution in [2.75, 3.05) is 33.3 Å². The molecule has 7 heteroatoms. The summed E-state index contributed by atoms with van der Waals surface area (Å²) >= 11 is 0. The van der Waals surface area contributed by atoms with Crippen molar-refractivity contribution < 1.29 is 19.4 Å². The molecule has 2 N–H and O–H groups in total. The molecule has 0 bridgehead atoms. The Morgan fingerprint density at radius 2 is 1.77 bits per heavy atom. The number of amides is 1. The molecule has 0 radical (unpaired) electrons. The molecule has 0 spiro atoms. The van der Waals surface area contributed by atoms with Crippen LogP contribution in [0.1, 0.15) is 39.2 Å². The Kier molecular flexibility index (Phi) is 6.18. The number of aliphatic hydroxyl groups is 1. The van der Waals surface area contributed by atoms with Crippen molar-refractivity contribution in [1.29, 1.82) is 0 Å². The van der Waals surface area contributed by atoms with Crippen LogP contribution in [0.4, 0.5) is 0 Å². The highest BCUT2D eigenvalue weighted by molar-refractivity contribution is 6.10. The van der Waals surface area contributed by atoms with Crippen molar-refractivity contribution in [1.82, 2.24) is 14.8 Å². The maximum Gasteiger partial charge on any atom is 0.253 e. The summed E-state index contributed by atoms with van der Waals surface area (Å²) in [5, 5.41) is 10.3. The first kappa shape index (κ1) is 21.2. The van der Waals surface area contributed by atoms with Crippen LogP contribution in [0.2, 0.25) is 0 Å². The smallest absolute Gasteiger partial charge is 0.253 e. The number of aromatic amines is 1. The Balaban J connectivity index is 1.47. The van der Waals surface area contributed by atoms with Crippen molar-refractivity contribution in [3.05, 3.63) is 71.4 Å². The lowest BCUT2D eigenvalue weighted by Crippen LogP contribution is -2.49. The lowest BCUT2D eigenvalue weighted by Gasteiger charge is -2.38. The summed E-state index contributed by atoms with van der Waals surface area (Å²) < 4.78 is 4.73. The van der Waals surface area contributed by atoms with E-state index in [-0.39, 0.29) is 5.91 Å². The van der Waals surface area contributed by atoms with Gasteiger partial charge in [0.25, 0.3) is 5.91 Å². The number of methoxy groups -OCH3 is 1. The predicted octanol–water partition coefficient (Wildman–Crippen LogP) is 2.83. The second-order valence-corrected chi connectivity index (χ2v) is 7.83. The molecule has 4 rings (SSSR count). The van der Waals surface area contributed by atoms with Gasteiger partial charge in [0.1, 0.15) is 0 Å². The van der Waals surface area contributed by atoms with E-state index in [1.807, 2.05) is 23.1 Å². The molecule has 2 aromatic carbocycles. The molecule has 1 fully saturated rings. The number of nitrogens with one attached hydrogen (secondary N) is 1. The summed E-state index contributed by atoms with van der Waals surface area (Å²) in [6, 6.07) is 15.9. The zero-order chi connectivity index (χ0) is 22.0. The molecule has 0 saturated carbocycles. The molecule has 1 saturated heterocycles. The van der Waals surface area contributed by atoms with Crippen molar-refractivity contribution in [3.63, 3.8) is 0 Å². The molecule has 7 nitrogen and oxygen atoms in total. The minimum absolute atomic E-state index is 0.0548. The average Bonchev–Trinajstić information content (AvgIpc) is 3.26. The van der Waals surface area contributed by atoms with Crippen LogP contribution in [0, 0.1) is 0 Å². The van der Waals surface area contributed by atoms with E-state index in [1.54, 1.807) is 18.2 Å². The number of carbonyl (C=O) groups excluding carboxylic acids is 2. The Morgan fingerprint density at radius 1 is 1.06 bits per heavy atom. The molecule has 1 aromatic heterocycles. The van der Waals surface area contributed by atoms with Gasteiger partial charge in [-0.1, -0.05) is 30.3 Å². The van der Waals surface area contributed by atoms with Crippen molar-refractivity contribution in [2.24, 2.45) is 0 Å². The van der Waals surface area contributed by atoms with Gasteiger partial charge in [-0.05, 0) is 30.7 Å². The number of hydrogen-bond donors (Lipinski definition) is 2. The van der Waals surface area contributed by atoms with Gasteiger partial charge < -0.3 is 19.7 Å². The van der Waals surface area contributed by atoms with Crippen LogP contribution < -0.4 is 0 Å². The minimum Gasteiger partial charge on any atom is -0.362 e. The van der Waals surface area contributed by atoms with Crippen LogP contribution in [-0.2, 0) is 4.74 Å². The Morgan fingerprint density at radius 3 is 2.45 bits per heavy atom. The highest BCUT2D eigenvalue weighted by Crippen LogP contribution is 2.24. The number of piperazine rings is 1. The lowest BCUT2D eigenvalue weighted by molar-refractivity contribution is -0.0482. The van der Waals surface area contributed by atoms with Gasteiger partial charge >= 0.3 is 0 Å². The van der Waals surface area contributed by atoms with E-state index in [1.165, 1.54) is 18.9 Å². The van der Waals surface area contributed by atoms with E-state index < -0.39 is 12.1 Å². The Hall–Kier alpha value is -3.00. The van der Waals surface area contributed by atoms with Gasteiger partial charge in [-0.25, -0.2) is 0 Å². The van der Waals surface area contributed by atoms with E-state index in [0.29, 0.717) is 35.6 Å². The van der Waals surface area contributed by atoms with Crippen LogP contribution in [0.5, 0.6) is 0 Å². The standard InChI is InChI=1S/C24H27N3O4/c1-16(17-6-4-3-5-7-17)26-10-12-27(13-11-26)23(29)18-8-9-21-19(14-18)20(15-25-21)22(28)24(30)31-2/h3-9,14-16,24-25,30H,10-13H2,1-2H3. The second kappa shape index (κ2) is 9.01. The van der Waals surface area contributed by atoms with E-state index >= 15 is 0 Å². The predicted molar refractivity (Wildman–Crippen MR) is 118 cm³/mol. The number of H-pyrrole nitrogens is 1. The number of benzene rings is 2. The van der Waals surface area contributed by atoms with E-state index in [2.05, 4.69) is 28.9 Å². The highest BCUT2D eigenvalue weighted by Gasteiger charge is 2.26. The van der Waals surface area contributed by atoms with Crippen molar-refractivity contribution >= 4 is 22.6 Å². The van der Waals surface area contributed by atoms with Gasteiger partial charge in [-0.15, -0.1) is 0 Å². The molecule has 2 atom stereocenters. The molecule has 1 amide bonds. The molecular weight excluding hydrogens is 394 g/mol. The van der Waals surface area contributed by atoms with Gasteiger partial charge in [0.15, 0.2) is 0 Å². The molecule has 31 heavy (non-hydrogen) atoms. The molecule has 1 aliphatic rings. The maximum atomic E-state index is 13.1. The van der Waals surface area contributed by atoms with Gasteiger partial charge in [0.05, 0.1) is 0 Å². The fourth-order valence-electron chi connectivity index (χ4n) is 4.13. The summed E-state index contributed by atoms with van der Waals surface area (Å²) in [6.07, 6.45) is 0.00536. The minimum atomic E-state index is -1.53. The van der Waals surface area contributed by atoms with Crippen molar-refractivity contribution in [2.45, 2.75) is 19.3 Å². The topological polar surface area (TPSA) is 85.9 Å². The zero-order valence-electron chi connectivity index (χ0n) is 17.7. The molecule has 0 aliphatic carbocycles. The van der Waals surface area contributed by atoms with Gasteiger partial charge in [0, 0.05) is 67.6 Å². The van der Waals surface area contributed by atoms with E-state index in [0.717, 1.165) is 18.6 Å². The fraction of sp³-hybridized carbons (Fsp3) is 0.333. The monoisotopic (exact) mass is 421 g/mol. The number of carbonyl (C=O) groups is 2. The van der Waals surface area contributed by atoms with Crippen LogP contribution in [0.25, 0.3) is 10.9 Å². The summed E-state index contributed by atoms with van der Waals surface area (Å²) in [5.74, 6) is -0.595. The molecule has 2 unspecified atom stereocenters. The van der Waals surface area contributed by atoms with Crippen molar-refractivity contribution in [3.8, 4) is 0 Å². The van der Waals surface area contributed by atoms with Crippen LogP contribution in [-0.4, -0.2) is 71.2 Å². The van der Waals surface area contributed by atoms with Gasteiger partial charge in [-0.3, -0.25) is 14.5 Å². The molecule has 3 aromatic rings. The number of aromatic nitrogens is 1. The summed E-state index contributed by atoms with van der Waals surface area (Å²) in [5.41, 5.74) is 2.83. The molecule has 2 heterocycles. The first-order valence-electron chi connectivity index (χ1n) is 10.4. The number of hydrogen-bond acceptors (Lipinski definition) is 5. The SMILES string of the molecule is COC(O)C(=O)c1c[nH]c2ccc(C(=O)N3CCN(C(C)c4ccccc4)CC3)cc12. The van der Waals surface area contributed by atoms with E-state index in [9.17, 15) is 14.7 Å². The van der Waals surface area contributed by atoms with Gasteiger partial charge in [-0.2, -0.15) is 0 Å². The van der Waals surface area contributed by atoms with Crippen LogP contribution in [0.3, 0.4) is 0 Å². The first-order valence-corrected chi connectivity index (χ1v) is 10.4. The number of ketones is 1. The molecule has 162 valence electrons. The Bertz CT molecular complexity index is 1070. The Labute approximate surface area is 181 Å². The molecular formula is C24H27N3O4. The number of ether oxygens (including phenoxy) is 1. The van der Waals surface area contributed by atoms with Gasteiger partial charge in [0.2, 0.25) is 12.1 Å². The zero-order valence-corrected chi connectivity index (χ0v) is 17.7. The highest BCUT2D eigenvalue weighted by atomic mass is 16.6. The first-order chi connectivity index (χ1) is 15.0. The second-order valence-electron chi connectivity index (χ2n) is 7.83. The lowest BCUT2D eigenvalue weighted by atomic mass is 10.0. The normalized spacial score (nSPS) is 16.9. The quantitative estimate of drug-likeness (QED) is 0.472. The number of fused-ring (bicyclic) bond motifs is 1. The number of Topliss-reactive ketones (excluding diaryl/α,β-unsaturated/α-hetero) is 1. The molecule has 1 aliphatic heterocycles. The number of nitrogens with zero attached hydrogens (tertiary/aromatic N) is 2. The van der Waals surface area contributed by atoms with Crippen LogP contribution in [0.15, 0.2) is 54.7 Å². The average molecular weight is 421 g/mol. The fourth-order valence-corrected chi connectivity index (χ4v) is 4.13. The summed E-state index contributed by atoms with van der Waals surface area (Å²) in [6.45, 7) is 5.10. The third kappa shape index (κ3) is 4.25. The summed E-state index contributed by atoms with van der Waals surface area (Å²) in [7, 11) is 1.27. The maximum absolute atomic E-state index is 13.1. The third-order valence-corrected chi connectivity index (χ3v) is 6.07. The summed E-state index contributed by atoms with van der Waals surface area (Å²) in [4.78, 5) is 32.7. The number of aliphatic hydroxyl groups excluding tert-OH is 1. The number of rotatable bonds is 6. The van der Waals surface area contributed by atoms with Crippen LogP contribution >= 0.6 is 0 Å².